The van der Waals surface area contributed by atoms with Crippen LogP contribution in [0.25, 0.3) is 0 Å². The zero-order valence-corrected chi connectivity index (χ0v) is 14.0. The molecule has 1 aliphatic heterocycles. The molecule has 0 bridgehead atoms. The van der Waals surface area contributed by atoms with Crippen LogP contribution in [0.5, 0.6) is 0 Å². The number of nitrogens with one attached hydrogen (secondary N) is 1. The Morgan fingerprint density at radius 2 is 2.48 bits per heavy atom. The van der Waals surface area contributed by atoms with E-state index in [2.05, 4.69) is 10.3 Å². The second kappa shape index (κ2) is 7.61. The Bertz CT molecular complexity index is 626. The van der Waals surface area contributed by atoms with Gasteiger partial charge >= 0.3 is 6.03 Å². The molecule has 0 saturated carbocycles. The van der Waals surface area contributed by atoms with Crippen molar-refractivity contribution in [2.45, 2.75) is 31.9 Å². The molecule has 124 valence electrons. The molecule has 1 N–H and O–H groups in total. The molecule has 2 aromatic rings. The normalized spacial score (nSPS) is 17.6. The van der Waals surface area contributed by atoms with E-state index in [0.717, 1.165) is 42.3 Å². The van der Waals surface area contributed by atoms with Crippen LogP contribution >= 0.6 is 11.3 Å². The predicted octanol–water partition coefficient (Wildman–Crippen LogP) is 2.97. The van der Waals surface area contributed by atoms with Gasteiger partial charge in [-0.25, -0.2) is 9.78 Å². The Kier molecular flexibility index (Phi) is 5.30. The molecular formula is C16H21N3O3S. The first kappa shape index (κ1) is 16.0. The lowest BCUT2D eigenvalue weighted by Crippen LogP contribution is -2.40. The number of likely N-dealkylation sites (tertiary alicyclic amines) is 1. The fraction of sp³-hybridized carbons (Fsp3) is 0.500. The maximum atomic E-state index is 12.4. The zero-order chi connectivity index (χ0) is 16.1. The second-order valence-corrected chi connectivity index (χ2v) is 6.48. The highest BCUT2D eigenvalue weighted by molar-refractivity contribution is 7.09. The molecule has 6 nitrogen and oxygen atoms in total. The van der Waals surface area contributed by atoms with Crippen molar-refractivity contribution in [3.05, 3.63) is 40.2 Å². The summed E-state index contributed by atoms with van der Waals surface area (Å²) in [6.45, 7) is 1.81. The number of furan rings is 1. The summed E-state index contributed by atoms with van der Waals surface area (Å²) in [6.07, 6.45) is 4.47. The van der Waals surface area contributed by atoms with Crippen molar-refractivity contribution < 1.29 is 13.9 Å². The first-order chi connectivity index (χ1) is 11.3. The molecule has 1 aliphatic rings. The molecule has 7 heteroatoms. The van der Waals surface area contributed by atoms with Crippen LogP contribution < -0.4 is 5.32 Å². The first-order valence-electron chi connectivity index (χ1n) is 7.78. The molecule has 2 aromatic heterocycles. The molecule has 3 heterocycles. The van der Waals surface area contributed by atoms with Crippen LogP contribution in [0.4, 0.5) is 4.79 Å². The van der Waals surface area contributed by atoms with Crippen molar-refractivity contribution in [3.63, 3.8) is 0 Å². The van der Waals surface area contributed by atoms with Gasteiger partial charge in [0.1, 0.15) is 18.1 Å². The Morgan fingerprint density at radius 1 is 1.57 bits per heavy atom. The highest BCUT2D eigenvalue weighted by Gasteiger charge is 2.32. The van der Waals surface area contributed by atoms with Crippen LogP contribution in [0.2, 0.25) is 0 Å². The summed E-state index contributed by atoms with van der Waals surface area (Å²) in [5, 5.41) is 5.97. The minimum atomic E-state index is -0.0336. The third kappa shape index (κ3) is 3.92. The summed E-state index contributed by atoms with van der Waals surface area (Å²) in [7, 11) is 1.64. The number of hydrogen-bond donors (Lipinski definition) is 1. The highest BCUT2D eigenvalue weighted by atomic mass is 32.1. The number of urea groups is 1. The summed E-state index contributed by atoms with van der Waals surface area (Å²) in [5.74, 6) is 1.63. The minimum Gasteiger partial charge on any atom is -0.461 e. The Balaban J connectivity index is 1.55. The third-order valence-corrected chi connectivity index (χ3v) is 4.75. The summed E-state index contributed by atoms with van der Waals surface area (Å²) >= 11 is 1.61. The number of carbonyl (C=O) groups is 1. The zero-order valence-electron chi connectivity index (χ0n) is 13.2. The van der Waals surface area contributed by atoms with Crippen molar-refractivity contribution in [2.75, 3.05) is 20.2 Å². The number of amides is 2. The largest absolute Gasteiger partial charge is 0.461 e. The number of hydrogen-bond acceptors (Lipinski definition) is 5. The molecule has 0 aromatic carbocycles. The Labute approximate surface area is 139 Å². The number of rotatable bonds is 6. The van der Waals surface area contributed by atoms with E-state index in [0.29, 0.717) is 13.2 Å². The fourth-order valence-electron chi connectivity index (χ4n) is 2.85. The molecular weight excluding hydrogens is 314 g/mol. The molecule has 0 aliphatic carbocycles. The smallest absolute Gasteiger partial charge is 0.318 e. The molecule has 3 rings (SSSR count). The van der Waals surface area contributed by atoms with Crippen LogP contribution in [0.1, 0.15) is 35.4 Å². The van der Waals surface area contributed by atoms with Gasteiger partial charge in [-0.3, -0.25) is 0 Å². The highest BCUT2D eigenvalue weighted by Crippen LogP contribution is 2.33. The molecule has 1 saturated heterocycles. The van der Waals surface area contributed by atoms with Crippen LogP contribution in [0, 0.1) is 0 Å². The molecule has 23 heavy (non-hydrogen) atoms. The standard InChI is InChI=1S/C16H21N3O3S/c1-21-11-12-4-5-14(22-12)13-3-2-9-19(13)16(20)18-7-6-15-17-8-10-23-15/h4-5,8,10,13H,2-3,6-7,9,11H2,1H3,(H,18,20). The lowest BCUT2D eigenvalue weighted by molar-refractivity contribution is 0.156. The van der Waals surface area contributed by atoms with Gasteiger partial charge in [-0.1, -0.05) is 0 Å². The van der Waals surface area contributed by atoms with E-state index >= 15 is 0 Å². The summed E-state index contributed by atoms with van der Waals surface area (Å²) < 4.78 is 10.9. The van der Waals surface area contributed by atoms with Gasteiger partial charge < -0.3 is 19.4 Å². The van der Waals surface area contributed by atoms with Crippen LogP contribution in [-0.4, -0.2) is 36.1 Å². The Morgan fingerprint density at radius 3 is 3.26 bits per heavy atom. The summed E-state index contributed by atoms with van der Waals surface area (Å²) in [4.78, 5) is 18.5. The monoisotopic (exact) mass is 335 g/mol. The van der Waals surface area contributed by atoms with Gasteiger partial charge in [-0.2, -0.15) is 0 Å². The molecule has 0 radical (unpaired) electrons. The molecule has 0 spiro atoms. The van der Waals surface area contributed by atoms with Crippen LogP contribution in [-0.2, 0) is 17.8 Å². The minimum absolute atomic E-state index is 0.0143. The molecule has 1 atom stereocenters. The second-order valence-electron chi connectivity index (χ2n) is 5.50. The summed E-state index contributed by atoms with van der Waals surface area (Å²) in [6, 6.07) is 3.84. The lowest BCUT2D eigenvalue weighted by atomic mass is 10.2. The fourth-order valence-corrected chi connectivity index (χ4v) is 3.47. The van der Waals surface area contributed by atoms with E-state index in [1.165, 1.54) is 0 Å². The lowest BCUT2D eigenvalue weighted by Gasteiger charge is -2.23. The number of nitrogens with zero attached hydrogens (tertiary/aromatic N) is 2. The molecule has 1 fully saturated rings. The van der Waals surface area contributed by atoms with Crippen molar-refractivity contribution in [1.82, 2.24) is 15.2 Å². The van der Waals surface area contributed by atoms with Gasteiger partial charge in [0.15, 0.2) is 0 Å². The number of thiazole rings is 1. The number of methoxy groups -OCH3 is 1. The van der Waals surface area contributed by atoms with Gasteiger partial charge in [0, 0.05) is 38.2 Å². The van der Waals surface area contributed by atoms with Crippen molar-refractivity contribution in [1.29, 1.82) is 0 Å². The van der Waals surface area contributed by atoms with E-state index in [-0.39, 0.29) is 12.1 Å². The van der Waals surface area contributed by atoms with Crippen molar-refractivity contribution in [3.8, 4) is 0 Å². The predicted molar refractivity (Wildman–Crippen MR) is 87.3 cm³/mol. The number of ether oxygens (including phenoxy) is 1. The van der Waals surface area contributed by atoms with Gasteiger partial charge in [-0.15, -0.1) is 11.3 Å². The molecule has 2 amide bonds. The number of aromatic nitrogens is 1. The van der Waals surface area contributed by atoms with Crippen molar-refractivity contribution in [2.24, 2.45) is 0 Å². The third-order valence-electron chi connectivity index (χ3n) is 3.91. The van der Waals surface area contributed by atoms with Gasteiger partial charge in [-0.05, 0) is 25.0 Å². The topological polar surface area (TPSA) is 67.6 Å². The SMILES string of the molecule is COCc1ccc(C2CCCN2C(=O)NCCc2nccs2)o1. The Hall–Kier alpha value is -1.86. The maximum absolute atomic E-state index is 12.4. The van der Waals surface area contributed by atoms with E-state index in [1.54, 1.807) is 24.6 Å². The average molecular weight is 335 g/mol. The van der Waals surface area contributed by atoms with Gasteiger partial charge in [0.2, 0.25) is 0 Å². The van der Waals surface area contributed by atoms with Crippen LogP contribution in [0.3, 0.4) is 0 Å². The van der Waals surface area contributed by atoms with Crippen LogP contribution in [0.15, 0.2) is 28.1 Å². The maximum Gasteiger partial charge on any atom is 0.318 e. The van der Waals surface area contributed by atoms with Crippen molar-refractivity contribution >= 4 is 17.4 Å². The quantitative estimate of drug-likeness (QED) is 0.881. The van der Waals surface area contributed by atoms with E-state index in [4.69, 9.17) is 9.15 Å². The number of carbonyl (C=O) groups excluding carboxylic acids is 1. The van der Waals surface area contributed by atoms with E-state index in [1.807, 2.05) is 22.4 Å². The van der Waals surface area contributed by atoms with Gasteiger partial charge in [0.25, 0.3) is 0 Å². The van der Waals surface area contributed by atoms with Gasteiger partial charge in [0.05, 0.1) is 11.0 Å². The van der Waals surface area contributed by atoms with E-state index in [9.17, 15) is 4.79 Å². The average Bonchev–Trinajstić information content (AvgIpc) is 3.28. The van der Waals surface area contributed by atoms with E-state index < -0.39 is 0 Å². The summed E-state index contributed by atoms with van der Waals surface area (Å²) in [5.41, 5.74) is 0. The first-order valence-corrected chi connectivity index (χ1v) is 8.66. The molecule has 1 unspecified atom stereocenters.